The van der Waals surface area contributed by atoms with Crippen molar-refractivity contribution in [2.45, 2.75) is 45.1 Å². The fraction of sp³-hybridized carbons (Fsp3) is 0.700. The van der Waals surface area contributed by atoms with Crippen LogP contribution in [0.5, 0.6) is 0 Å². The highest BCUT2D eigenvalue weighted by atomic mass is 15.2. The van der Waals surface area contributed by atoms with E-state index in [1.54, 1.807) is 0 Å². The summed E-state index contributed by atoms with van der Waals surface area (Å²) in [6, 6.07) is 2.13. The molecular formula is C10H17N3. The summed E-state index contributed by atoms with van der Waals surface area (Å²) in [6.07, 6.45) is 2.63. The number of hydrogen-bond acceptors (Lipinski definition) is 2. The molecule has 0 atom stereocenters. The lowest BCUT2D eigenvalue weighted by atomic mass is 10.1. The van der Waals surface area contributed by atoms with Gasteiger partial charge in [0.25, 0.3) is 0 Å². The molecule has 3 heteroatoms. The number of aromatic nitrogens is 2. The van der Waals surface area contributed by atoms with Crippen molar-refractivity contribution in [2.75, 3.05) is 5.32 Å². The van der Waals surface area contributed by atoms with Crippen LogP contribution in [0.4, 0.5) is 5.82 Å². The molecule has 2 N–H and O–H groups in total. The Morgan fingerprint density at radius 2 is 2.15 bits per heavy atom. The van der Waals surface area contributed by atoms with Crippen LogP contribution in [0.3, 0.4) is 0 Å². The van der Waals surface area contributed by atoms with Crippen molar-refractivity contribution < 1.29 is 0 Å². The second-order valence-electron chi connectivity index (χ2n) is 4.86. The molecule has 1 aromatic rings. The van der Waals surface area contributed by atoms with Gasteiger partial charge in [0.1, 0.15) is 5.82 Å². The summed E-state index contributed by atoms with van der Waals surface area (Å²) in [7, 11) is 0. The van der Waals surface area contributed by atoms with E-state index < -0.39 is 0 Å². The smallest absolute Gasteiger partial charge is 0.148 e. The average Bonchev–Trinajstić information content (AvgIpc) is 2.72. The van der Waals surface area contributed by atoms with Gasteiger partial charge in [-0.2, -0.15) is 5.10 Å². The van der Waals surface area contributed by atoms with Crippen molar-refractivity contribution in [3.63, 3.8) is 0 Å². The molecule has 0 bridgehead atoms. The minimum atomic E-state index is 0.0933. The molecule has 1 heterocycles. The van der Waals surface area contributed by atoms with Crippen LogP contribution < -0.4 is 5.32 Å². The van der Waals surface area contributed by atoms with Crippen LogP contribution in [0.2, 0.25) is 0 Å². The second kappa shape index (κ2) is 2.76. The fourth-order valence-electron chi connectivity index (χ4n) is 1.39. The summed E-state index contributed by atoms with van der Waals surface area (Å²) in [5.74, 6) is 1.72. The van der Waals surface area contributed by atoms with Crippen molar-refractivity contribution in [1.29, 1.82) is 0 Å². The number of rotatable bonds is 2. The van der Waals surface area contributed by atoms with E-state index in [0.717, 1.165) is 11.7 Å². The van der Waals surface area contributed by atoms with E-state index in [4.69, 9.17) is 0 Å². The molecule has 0 saturated heterocycles. The van der Waals surface area contributed by atoms with E-state index in [-0.39, 0.29) is 5.54 Å². The van der Waals surface area contributed by atoms with Gasteiger partial charge in [-0.15, -0.1) is 0 Å². The molecule has 3 nitrogen and oxygen atoms in total. The molecule has 0 aromatic carbocycles. The van der Waals surface area contributed by atoms with E-state index in [0.29, 0.717) is 0 Å². The Labute approximate surface area is 78.9 Å². The lowest BCUT2D eigenvalue weighted by Crippen LogP contribution is -2.26. The van der Waals surface area contributed by atoms with Gasteiger partial charge in [0.15, 0.2) is 0 Å². The first-order valence-corrected chi connectivity index (χ1v) is 4.88. The lowest BCUT2D eigenvalue weighted by molar-refractivity contribution is 0.630. The summed E-state index contributed by atoms with van der Waals surface area (Å²) in [5.41, 5.74) is 1.38. The third-order valence-corrected chi connectivity index (χ3v) is 2.12. The highest BCUT2D eigenvalue weighted by Crippen LogP contribution is 2.39. The van der Waals surface area contributed by atoms with Crippen molar-refractivity contribution in [1.82, 2.24) is 10.2 Å². The normalized spacial score (nSPS) is 17.5. The Hall–Kier alpha value is -0.990. The maximum Gasteiger partial charge on any atom is 0.148 e. The molecule has 0 aliphatic heterocycles. The molecule has 2 rings (SSSR count). The topological polar surface area (TPSA) is 40.7 Å². The molecule has 0 radical (unpaired) electrons. The highest BCUT2D eigenvalue weighted by molar-refractivity contribution is 5.39. The molecule has 1 aliphatic carbocycles. The third-order valence-electron chi connectivity index (χ3n) is 2.12. The Kier molecular flexibility index (Phi) is 1.82. The number of hydrogen-bond donors (Lipinski definition) is 2. The van der Waals surface area contributed by atoms with E-state index in [9.17, 15) is 0 Å². The first-order valence-electron chi connectivity index (χ1n) is 4.88. The maximum atomic E-state index is 4.23. The van der Waals surface area contributed by atoms with Crippen LogP contribution in [-0.4, -0.2) is 15.7 Å². The van der Waals surface area contributed by atoms with Crippen molar-refractivity contribution in [2.24, 2.45) is 0 Å². The van der Waals surface area contributed by atoms with Gasteiger partial charge in [0, 0.05) is 23.2 Å². The predicted molar refractivity (Wildman–Crippen MR) is 53.9 cm³/mol. The third kappa shape index (κ3) is 2.23. The van der Waals surface area contributed by atoms with Crippen molar-refractivity contribution >= 4 is 5.82 Å². The molecule has 0 unspecified atom stereocenters. The van der Waals surface area contributed by atoms with Crippen LogP contribution in [0.1, 0.15) is 45.2 Å². The molecule has 72 valence electrons. The molecule has 13 heavy (non-hydrogen) atoms. The summed E-state index contributed by atoms with van der Waals surface area (Å²) >= 11 is 0. The zero-order valence-electron chi connectivity index (χ0n) is 8.52. The Bertz CT molecular complexity index is 291. The molecule has 1 saturated carbocycles. The van der Waals surface area contributed by atoms with Gasteiger partial charge in [-0.25, -0.2) is 0 Å². The van der Waals surface area contributed by atoms with E-state index in [1.807, 2.05) is 0 Å². The minimum Gasteiger partial charge on any atom is -0.364 e. The Balaban J connectivity index is 2.04. The number of aromatic amines is 1. The first kappa shape index (κ1) is 8.60. The quantitative estimate of drug-likeness (QED) is 0.732. The molecule has 0 amide bonds. The Morgan fingerprint density at radius 1 is 1.46 bits per heavy atom. The van der Waals surface area contributed by atoms with E-state index in [1.165, 1.54) is 18.5 Å². The average molecular weight is 179 g/mol. The molecule has 1 fully saturated rings. The van der Waals surface area contributed by atoms with Gasteiger partial charge in [-0.1, -0.05) is 0 Å². The minimum absolute atomic E-state index is 0.0933. The van der Waals surface area contributed by atoms with Gasteiger partial charge in [0.2, 0.25) is 0 Å². The summed E-state index contributed by atoms with van der Waals surface area (Å²) in [4.78, 5) is 0. The molecule has 0 spiro atoms. The van der Waals surface area contributed by atoms with E-state index >= 15 is 0 Å². The van der Waals surface area contributed by atoms with Crippen molar-refractivity contribution in [3.8, 4) is 0 Å². The standard InChI is InChI=1S/C10H17N3/c1-10(2,3)11-9-6-8(12-13-9)7-4-5-7/h6-7H,4-5H2,1-3H3,(H2,11,12,13). The predicted octanol–water partition coefficient (Wildman–Crippen LogP) is 2.50. The fourth-order valence-corrected chi connectivity index (χ4v) is 1.39. The monoisotopic (exact) mass is 179 g/mol. The SMILES string of the molecule is CC(C)(C)Nc1cc(C2CC2)[nH]n1. The first-order chi connectivity index (χ1) is 6.04. The van der Waals surface area contributed by atoms with Gasteiger partial charge >= 0.3 is 0 Å². The summed E-state index contributed by atoms with van der Waals surface area (Å²) in [6.45, 7) is 6.41. The number of H-pyrrole nitrogens is 1. The van der Waals surface area contributed by atoms with Crippen LogP contribution in [-0.2, 0) is 0 Å². The molecule has 1 aliphatic rings. The van der Waals surface area contributed by atoms with Gasteiger partial charge in [0.05, 0.1) is 0 Å². The van der Waals surface area contributed by atoms with Crippen LogP contribution in [0.15, 0.2) is 6.07 Å². The number of anilines is 1. The molecule has 1 aromatic heterocycles. The number of nitrogens with one attached hydrogen (secondary N) is 2. The van der Waals surface area contributed by atoms with Gasteiger partial charge < -0.3 is 5.32 Å². The van der Waals surface area contributed by atoms with Crippen LogP contribution in [0, 0.1) is 0 Å². The largest absolute Gasteiger partial charge is 0.364 e. The molecular weight excluding hydrogens is 162 g/mol. The van der Waals surface area contributed by atoms with Gasteiger partial charge in [-0.3, -0.25) is 5.10 Å². The Morgan fingerprint density at radius 3 is 2.69 bits per heavy atom. The highest BCUT2D eigenvalue weighted by Gasteiger charge is 2.25. The summed E-state index contributed by atoms with van der Waals surface area (Å²) in [5, 5.41) is 10.6. The second-order valence-corrected chi connectivity index (χ2v) is 4.86. The number of nitrogens with zero attached hydrogens (tertiary/aromatic N) is 1. The zero-order valence-corrected chi connectivity index (χ0v) is 8.52. The van der Waals surface area contributed by atoms with Crippen LogP contribution in [0.25, 0.3) is 0 Å². The van der Waals surface area contributed by atoms with Crippen LogP contribution >= 0.6 is 0 Å². The maximum absolute atomic E-state index is 4.23. The summed E-state index contributed by atoms with van der Waals surface area (Å²) < 4.78 is 0. The van der Waals surface area contributed by atoms with Crippen molar-refractivity contribution in [3.05, 3.63) is 11.8 Å². The van der Waals surface area contributed by atoms with E-state index in [2.05, 4.69) is 42.4 Å². The zero-order chi connectivity index (χ0) is 9.47. The van der Waals surface area contributed by atoms with Gasteiger partial charge in [-0.05, 0) is 33.6 Å². The lowest BCUT2D eigenvalue weighted by Gasteiger charge is -2.19.